The number of nitrogens with one attached hydrogen (secondary N) is 2. The Labute approximate surface area is 245 Å². The lowest BCUT2D eigenvalue weighted by atomic mass is 10.0. The van der Waals surface area contributed by atoms with E-state index in [2.05, 4.69) is 30.6 Å². The Morgan fingerprint density at radius 3 is 2.63 bits per heavy atom. The average molecular weight is 583 g/mol. The van der Waals surface area contributed by atoms with Gasteiger partial charge in [-0.25, -0.2) is 28.7 Å². The predicted octanol–water partition coefficient (Wildman–Crippen LogP) is 4.07. The van der Waals surface area contributed by atoms with Crippen LogP contribution < -0.4 is 22.1 Å². The number of rotatable bonds is 10. The van der Waals surface area contributed by atoms with Gasteiger partial charge in [-0.3, -0.25) is 4.79 Å². The molecule has 3 heterocycles. The van der Waals surface area contributed by atoms with Gasteiger partial charge in [-0.05, 0) is 48.7 Å². The minimum atomic E-state index is -1.02. The highest BCUT2D eigenvalue weighted by molar-refractivity contribution is 6.00. The molecule has 2 aromatic carbocycles. The summed E-state index contributed by atoms with van der Waals surface area (Å²) in [5.41, 5.74) is 15.6. The first-order chi connectivity index (χ1) is 20.8. The molecule has 218 valence electrons. The second-order valence-corrected chi connectivity index (χ2v) is 9.82. The van der Waals surface area contributed by atoms with Crippen LogP contribution in [-0.4, -0.2) is 37.0 Å². The van der Waals surface area contributed by atoms with Gasteiger partial charge in [-0.2, -0.15) is 5.26 Å². The molecule has 0 unspecified atom stereocenters. The molecule has 6 N–H and O–H groups in total. The van der Waals surface area contributed by atoms with Gasteiger partial charge in [0.2, 0.25) is 0 Å². The van der Waals surface area contributed by atoms with E-state index < -0.39 is 23.6 Å². The van der Waals surface area contributed by atoms with Crippen molar-refractivity contribution in [1.29, 1.82) is 5.26 Å². The summed E-state index contributed by atoms with van der Waals surface area (Å²) < 4.78 is 29.1. The number of nitriles is 1. The molecule has 5 rings (SSSR count). The molecule has 0 saturated heterocycles. The number of aryl methyl sites for hydroxylation is 1. The topological polar surface area (TPSA) is 173 Å². The van der Waals surface area contributed by atoms with Gasteiger partial charge >= 0.3 is 0 Å². The van der Waals surface area contributed by atoms with Gasteiger partial charge in [0, 0.05) is 24.8 Å². The fourth-order valence-electron chi connectivity index (χ4n) is 4.65. The third-order valence-electron chi connectivity index (χ3n) is 6.90. The van der Waals surface area contributed by atoms with Gasteiger partial charge < -0.3 is 26.7 Å². The van der Waals surface area contributed by atoms with Crippen LogP contribution in [-0.2, 0) is 13.1 Å². The molecule has 0 aliphatic heterocycles. The molecule has 0 radical (unpaired) electrons. The Hall–Kier alpha value is -5.48. The molecule has 11 nitrogen and oxygen atoms in total. The van der Waals surface area contributed by atoms with E-state index in [1.165, 1.54) is 18.6 Å². The summed E-state index contributed by atoms with van der Waals surface area (Å²) in [6, 6.07) is 12.3. The zero-order valence-corrected chi connectivity index (χ0v) is 23.2. The number of hydrogen-bond acceptors (Lipinski definition) is 9. The number of fused-ring (bicyclic) bond motifs is 1. The number of nitrogens with two attached hydrogens (primary N) is 2. The second-order valence-electron chi connectivity index (χ2n) is 9.82. The number of aromatic nitrogens is 5. The third-order valence-corrected chi connectivity index (χ3v) is 6.90. The van der Waals surface area contributed by atoms with Crippen LogP contribution in [0.25, 0.3) is 22.2 Å². The van der Waals surface area contributed by atoms with Crippen molar-refractivity contribution in [2.24, 2.45) is 5.73 Å². The standard InChI is InChI=1S/C30H28F2N10O/c1-17(20-7-8-23(31)24(32)11-20)40-30(43)26-28(37-14-21(12-34)41-26)36-13-18-3-5-19(6-4-18)22-15-42(10-2-9-33)29-25(22)27(35)38-16-39-29/h3-8,11,14-17H,2,9-10,13,33H2,1H3,(H,36,37)(H,40,43)(H2,35,38,39)/t17-/m0/s1. The number of halogens is 2. The lowest BCUT2D eigenvalue weighted by molar-refractivity contribution is 0.0935. The van der Waals surface area contributed by atoms with Crippen LogP contribution in [0.3, 0.4) is 0 Å². The van der Waals surface area contributed by atoms with Gasteiger partial charge in [0.05, 0.1) is 17.6 Å². The van der Waals surface area contributed by atoms with Crippen LogP contribution in [0.4, 0.5) is 20.4 Å². The molecule has 0 aliphatic rings. The Kier molecular flexibility index (Phi) is 8.49. The molecule has 43 heavy (non-hydrogen) atoms. The maximum absolute atomic E-state index is 13.7. The fourth-order valence-corrected chi connectivity index (χ4v) is 4.65. The number of nitrogens with zero attached hydrogens (tertiary/aromatic N) is 6. The second kappa shape index (κ2) is 12.6. The first-order valence-electron chi connectivity index (χ1n) is 13.4. The number of hydrogen-bond donors (Lipinski definition) is 4. The predicted molar refractivity (Wildman–Crippen MR) is 157 cm³/mol. The third kappa shape index (κ3) is 6.24. The maximum Gasteiger partial charge on any atom is 0.274 e. The van der Waals surface area contributed by atoms with Crippen LogP contribution in [0.1, 0.15) is 46.7 Å². The van der Waals surface area contributed by atoms with Crippen LogP contribution in [0.2, 0.25) is 0 Å². The van der Waals surface area contributed by atoms with E-state index in [0.717, 1.165) is 46.3 Å². The minimum Gasteiger partial charge on any atom is -0.383 e. The van der Waals surface area contributed by atoms with Crippen molar-refractivity contribution in [2.45, 2.75) is 32.5 Å². The zero-order valence-electron chi connectivity index (χ0n) is 23.2. The van der Waals surface area contributed by atoms with Gasteiger partial charge in [0.15, 0.2) is 28.8 Å². The van der Waals surface area contributed by atoms with E-state index in [4.69, 9.17) is 11.5 Å². The van der Waals surface area contributed by atoms with Crippen LogP contribution >= 0.6 is 0 Å². The lowest BCUT2D eigenvalue weighted by Crippen LogP contribution is -2.29. The van der Waals surface area contributed by atoms with Gasteiger partial charge in [-0.15, -0.1) is 0 Å². The number of anilines is 2. The van der Waals surface area contributed by atoms with E-state index in [1.807, 2.05) is 41.1 Å². The van der Waals surface area contributed by atoms with Gasteiger partial charge in [0.25, 0.3) is 5.91 Å². The average Bonchev–Trinajstić information content (AvgIpc) is 3.40. The number of carbonyl (C=O) groups is 1. The van der Waals surface area contributed by atoms with Crippen LogP contribution in [0.15, 0.2) is 61.2 Å². The lowest BCUT2D eigenvalue weighted by Gasteiger charge is -2.16. The Morgan fingerprint density at radius 2 is 1.91 bits per heavy atom. The molecule has 1 atom stereocenters. The van der Waals surface area contributed by atoms with Crippen molar-refractivity contribution in [3.05, 3.63) is 95.3 Å². The van der Waals surface area contributed by atoms with Crippen molar-refractivity contribution in [1.82, 2.24) is 29.8 Å². The summed E-state index contributed by atoms with van der Waals surface area (Å²) in [7, 11) is 0. The van der Waals surface area contributed by atoms with Crippen molar-refractivity contribution in [2.75, 3.05) is 17.6 Å². The van der Waals surface area contributed by atoms with Crippen molar-refractivity contribution < 1.29 is 13.6 Å². The molecule has 0 bridgehead atoms. The zero-order chi connectivity index (χ0) is 30.5. The summed E-state index contributed by atoms with van der Waals surface area (Å²) in [5, 5.41) is 15.9. The normalized spacial score (nSPS) is 11.7. The summed E-state index contributed by atoms with van der Waals surface area (Å²) >= 11 is 0. The van der Waals surface area contributed by atoms with Crippen molar-refractivity contribution in [3.63, 3.8) is 0 Å². The van der Waals surface area contributed by atoms with Crippen molar-refractivity contribution >= 4 is 28.6 Å². The highest BCUT2D eigenvalue weighted by atomic mass is 19.2. The number of nitrogen functional groups attached to an aromatic ring is 1. The first kappa shape index (κ1) is 29.0. The SMILES string of the molecule is C[C@H](NC(=O)c1nc(C#N)cnc1NCc1ccc(-c2cn(CCCN)c3ncnc(N)c23)cc1)c1ccc(F)c(F)c1. The molecule has 0 spiro atoms. The highest BCUT2D eigenvalue weighted by Gasteiger charge is 2.20. The van der Waals surface area contributed by atoms with Gasteiger partial charge in [0.1, 0.15) is 23.9 Å². The van der Waals surface area contributed by atoms with E-state index >= 15 is 0 Å². The smallest absolute Gasteiger partial charge is 0.274 e. The molecule has 0 saturated carbocycles. The van der Waals surface area contributed by atoms with E-state index in [-0.39, 0.29) is 17.2 Å². The molecule has 0 fully saturated rings. The largest absolute Gasteiger partial charge is 0.383 e. The first-order valence-corrected chi connectivity index (χ1v) is 13.4. The molecule has 3 aromatic heterocycles. The number of amides is 1. The molecule has 0 aliphatic carbocycles. The molecule has 5 aromatic rings. The summed E-state index contributed by atoms with van der Waals surface area (Å²) in [6.07, 6.45) is 5.49. The fraction of sp³-hybridized carbons (Fsp3) is 0.200. The summed E-state index contributed by atoms with van der Waals surface area (Å²) in [6.45, 7) is 3.17. The summed E-state index contributed by atoms with van der Waals surface area (Å²) in [4.78, 5) is 30.1. The number of benzene rings is 2. The summed E-state index contributed by atoms with van der Waals surface area (Å²) in [5.74, 6) is -2.09. The van der Waals surface area contributed by atoms with Gasteiger partial charge in [-0.1, -0.05) is 30.3 Å². The highest BCUT2D eigenvalue weighted by Crippen LogP contribution is 2.33. The number of carbonyl (C=O) groups excluding carboxylic acids is 1. The Bertz CT molecular complexity index is 1830. The van der Waals surface area contributed by atoms with Crippen molar-refractivity contribution in [3.8, 4) is 17.2 Å². The quantitative estimate of drug-likeness (QED) is 0.189. The molecular weight excluding hydrogens is 554 g/mol. The Morgan fingerprint density at radius 1 is 1.12 bits per heavy atom. The monoisotopic (exact) mass is 582 g/mol. The molecule has 1 amide bonds. The van der Waals surface area contributed by atoms with E-state index in [1.54, 1.807) is 6.92 Å². The maximum atomic E-state index is 13.7. The van der Waals surface area contributed by atoms with Crippen LogP contribution in [0, 0.1) is 23.0 Å². The van der Waals surface area contributed by atoms with Crippen LogP contribution in [0.5, 0.6) is 0 Å². The minimum absolute atomic E-state index is 0.0468. The molecular formula is C30H28F2N10O. The van der Waals surface area contributed by atoms with E-state index in [9.17, 15) is 18.8 Å². The molecule has 13 heteroatoms. The van der Waals surface area contributed by atoms with E-state index in [0.29, 0.717) is 31.0 Å². The Balaban J connectivity index is 1.34.